The van der Waals surface area contributed by atoms with Gasteiger partial charge in [0.1, 0.15) is 11.5 Å². The van der Waals surface area contributed by atoms with Gasteiger partial charge in [0.15, 0.2) is 18.6 Å². The van der Waals surface area contributed by atoms with Crippen molar-refractivity contribution >= 4 is 34.9 Å². The fourth-order valence-corrected chi connectivity index (χ4v) is 6.81. The molecule has 6 aromatic rings. The minimum absolute atomic E-state index is 0.0885. The summed E-state index contributed by atoms with van der Waals surface area (Å²) in [5.41, 5.74) is 14.7. The van der Waals surface area contributed by atoms with E-state index in [4.69, 9.17) is 19.7 Å². The molecule has 3 N–H and O–H groups in total. The van der Waals surface area contributed by atoms with Crippen molar-refractivity contribution in [3.63, 3.8) is 0 Å². The van der Waals surface area contributed by atoms with Gasteiger partial charge < -0.3 is 29.5 Å². The maximum Gasteiger partial charge on any atom is 0.335 e. The van der Waals surface area contributed by atoms with E-state index >= 15 is 0 Å². The van der Waals surface area contributed by atoms with Gasteiger partial charge in [0.25, 0.3) is 0 Å². The second kappa shape index (κ2) is 18.8. The number of fused-ring (bicyclic) bond motifs is 2. The number of ketones is 1. The number of anilines is 2. The van der Waals surface area contributed by atoms with E-state index < -0.39 is 5.97 Å². The highest BCUT2D eigenvalue weighted by atomic mass is 16.4. The van der Waals surface area contributed by atoms with E-state index in [9.17, 15) is 19.2 Å². The van der Waals surface area contributed by atoms with Crippen molar-refractivity contribution < 1.29 is 33.1 Å². The van der Waals surface area contributed by atoms with Gasteiger partial charge in [-0.05, 0) is 82.6 Å². The molecule has 4 aromatic carbocycles. The molecule has 2 aromatic heterocycles. The maximum absolute atomic E-state index is 12.4. The molecule has 12 heteroatoms. The molecule has 0 atom stereocenters. The Morgan fingerprint density at radius 1 is 0.649 bits per heavy atom. The first kappa shape index (κ1) is 40.0. The molecule has 4 heterocycles. The zero-order chi connectivity index (χ0) is 40.3. The molecular formula is C45H45N5O7. The zero-order valence-corrected chi connectivity index (χ0v) is 32.0. The number of nitrogens with zero attached hydrogens (tertiary/aromatic N) is 4. The minimum atomic E-state index is -0.922. The SMILES string of the molecule is CCC(=O)N1CCc2cc(-c3ccc(C(=O)CCc4cnco4)cc3)ccc21.CCC(=O)N1CCc2cc(-c3ccc(C(=O)O)cc3)ccc21.NCc1cnco1. The zero-order valence-electron chi connectivity index (χ0n) is 32.0. The number of hydrogen-bond acceptors (Lipinski definition) is 9. The fraction of sp³-hybridized carbons (Fsp3) is 0.244. The summed E-state index contributed by atoms with van der Waals surface area (Å²) in [4.78, 5) is 58.4. The number of aromatic carboxylic acids is 1. The van der Waals surface area contributed by atoms with Crippen LogP contribution in [0.2, 0.25) is 0 Å². The molecule has 57 heavy (non-hydrogen) atoms. The van der Waals surface area contributed by atoms with Crippen LogP contribution in [-0.4, -0.2) is 51.7 Å². The predicted octanol–water partition coefficient (Wildman–Crippen LogP) is 7.94. The second-order valence-electron chi connectivity index (χ2n) is 13.5. The average Bonchev–Trinajstić information content (AvgIpc) is 4.10. The van der Waals surface area contributed by atoms with Crippen molar-refractivity contribution in [3.8, 4) is 22.3 Å². The Morgan fingerprint density at radius 2 is 1.11 bits per heavy atom. The Kier molecular flexibility index (Phi) is 13.2. The summed E-state index contributed by atoms with van der Waals surface area (Å²) < 4.78 is 9.92. The molecule has 2 aliphatic rings. The number of benzene rings is 4. The van der Waals surface area contributed by atoms with Crippen LogP contribution in [0.4, 0.5) is 11.4 Å². The molecule has 12 nitrogen and oxygen atoms in total. The number of amides is 2. The van der Waals surface area contributed by atoms with E-state index in [2.05, 4.69) is 22.1 Å². The first-order valence-electron chi connectivity index (χ1n) is 19.0. The molecule has 0 unspecified atom stereocenters. The van der Waals surface area contributed by atoms with Gasteiger partial charge in [-0.25, -0.2) is 14.8 Å². The van der Waals surface area contributed by atoms with Crippen molar-refractivity contribution in [3.05, 3.63) is 144 Å². The number of nitrogens with two attached hydrogens (primary N) is 1. The largest absolute Gasteiger partial charge is 0.478 e. The standard InChI is InChI=1S/C23H22N2O3.C18H17NO3.C4H6N2O/c1-2-23(27)25-12-11-19-13-18(7-9-21(19)25)16-3-5-17(6-4-16)22(26)10-8-20-14-24-15-28-20;1-2-17(20)19-10-9-15-11-14(7-8-16(15)19)12-3-5-13(6-4-12)18(21)22;5-1-4-2-6-3-7-4/h3-7,9,13-15H,2,8,10-12H2,1H3;3-8,11H,2,9-10H2,1H3,(H,21,22);2-3H,1,5H2. The fourth-order valence-electron chi connectivity index (χ4n) is 6.81. The minimum Gasteiger partial charge on any atom is -0.478 e. The number of hydrogen-bond donors (Lipinski definition) is 2. The third-order valence-electron chi connectivity index (χ3n) is 9.93. The lowest BCUT2D eigenvalue weighted by Gasteiger charge is -2.16. The van der Waals surface area contributed by atoms with E-state index in [0.717, 1.165) is 71.1 Å². The number of Topliss-reactive ketones (excluding diaryl/α,β-unsaturated/α-hetero) is 1. The van der Waals surface area contributed by atoms with Crippen molar-refractivity contribution in [1.29, 1.82) is 0 Å². The van der Waals surface area contributed by atoms with Crippen molar-refractivity contribution in [1.82, 2.24) is 9.97 Å². The van der Waals surface area contributed by atoms with Gasteiger partial charge in [0.2, 0.25) is 11.8 Å². The van der Waals surface area contributed by atoms with Gasteiger partial charge in [0.05, 0.1) is 24.5 Å². The van der Waals surface area contributed by atoms with Gasteiger partial charge in [-0.15, -0.1) is 0 Å². The summed E-state index contributed by atoms with van der Waals surface area (Å²) in [6.45, 7) is 5.69. The second-order valence-corrected chi connectivity index (χ2v) is 13.5. The van der Waals surface area contributed by atoms with Crippen LogP contribution in [0, 0.1) is 0 Å². The normalized spacial score (nSPS) is 12.5. The van der Waals surface area contributed by atoms with Gasteiger partial charge in [0, 0.05) is 55.7 Å². The van der Waals surface area contributed by atoms with Crippen LogP contribution in [0.15, 0.2) is 119 Å². The van der Waals surface area contributed by atoms with Crippen LogP contribution < -0.4 is 15.5 Å². The number of carboxylic acids is 1. The molecule has 0 aliphatic carbocycles. The van der Waals surface area contributed by atoms with E-state index in [1.165, 1.54) is 23.9 Å². The van der Waals surface area contributed by atoms with E-state index in [0.29, 0.717) is 37.8 Å². The Labute approximate surface area is 331 Å². The van der Waals surface area contributed by atoms with Crippen LogP contribution in [0.5, 0.6) is 0 Å². The summed E-state index contributed by atoms with van der Waals surface area (Å²) in [6.07, 6.45) is 9.71. The molecule has 2 amide bonds. The van der Waals surface area contributed by atoms with Gasteiger partial charge in [-0.2, -0.15) is 0 Å². The number of aromatic nitrogens is 2. The molecule has 2 aliphatic heterocycles. The molecule has 8 rings (SSSR count). The van der Waals surface area contributed by atoms with Gasteiger partial charge >= 0.3 is 5.97 Å². The molecule has 0 saturated heterocycles. The molecule has 292 valence electrons. The number of carboxylic acid groups (broad SMARTS) is 1. The highest BCUT2D eigenvalue weighted by molar-refractivity contribution is 5.98. The topological polar surface area (TPSA) is 173 Å². The molecule has 0 spiro atoms. The number of rotatable bonds is 10. The van der Waals surface area contributed by atoms with Crippen LogP contribution in [0.25, 0.3) is 22.3 Å². The number of carbonyl (C=O) groups excluding carboxylic acids is 3. The van der Waals surface area contributed by atoms with E-state index in [1.807, 2.05) is 84.3 Å². The lowest BCUT2D eigenvalue weighted by molar-refractivity contribution is -0.119. The number of carbonyl (C=O) groups is 4. The monoisotopic (exact) mass is 767 g/mol. The van der Waals surface area contributed by atoms with Gasteiger partial charge in [-0.1, -0.05) is 62.4 Å². The number of oxazole rings is 2. The summed E-state index contributed by atoms with van der Waals surface area (Å²) in [6, 6.07) is 26.8. The van der Waals surface area contributed by atoms with Crippen LogP contribution in [0.3, 0.4) is 0 Å². The average molecular weight is 768 g/mol. The predicted molar refractivity (Wildman–Crippen MR) is 217 cm³/mol. The Balaban J connectivity index is 0.000000168. The first-order valence-corrected chi connectivity index (χ1v) is 19.0. The van der Waals surface area contributed by atoms with Crippen LogP contribution in [-0.2, 0) is 35.4 Å². The lowest BCUT2D eigenvalue weighted by Crippen LogP contribution is -2.27. The van der Waals surface area contributed by atoms with Crippen LogP contribution >= 0.6 is 0 Å². The molecular weight excluding hydrogens is 723 g/mol. The molecule has 0 bridgehead atoms. The highest BCUT2D eigenvalue weighted by Crippen LogP contribution is 2.34. The highest BCUT2D eigenvalue weighted by Gasteiger charge is 2.25. The van der Waals surface area contributed by atoms with E-state index in [1.54, 1.807) is 24.5 Å². The van der Waals surface area contributed by atoms with Crippen molar-refractivity contribution in [2.24, 2.45) is 5.73 Å². The third kappa shape index (κ3) is 9.78. The molecule has 0 radical (unpaired) electrons. The van der Waals surface area contributed by atoms with Crippen LogP contribution in [0.1, 0.15) is 76.5 Å². The summed E-state index contributed by atoms with van der Waals surface area (Å²) in [7, 11) is 0. The Bertz CT molecular complexity index is 2300. The smallest absolute Gasteiger partial charge is 0.335 e. The Hall–Kier alpha value is -6.66. The quantitative estimate of drug-likeness (QED) is 0.130. The number of aryl methyl sites for hydroxylation is 1. The van der Waals surface area contributed by atoms with Crippen molar-refractivity contribution in [2.45, 2.75) is 58.9 Å². The first-order chi connectivity index (χ1) is 27.7. The summed E-state index contributed by atoms with van der Waals surface area (Å²) in [5.74, 6) is 0.926. The maximum atomic E-state index is 12.4. The summed E-state index contributed by atoms with van der Waals surface area (Å²) in [5, 5.41) is 8.94. The lowest BCUT2D eigenvalue weighted by atomic mass is 9.98. The van der Waals surface area contributed by atoms with E-state index in [-0.39, 0.29) is 23.2 Å². The van der Waals surface area contributed by atoms with Crippen molar-refractivity contribution in [2.75, 3.05) is 22.9 Å². The third-order valence-corrected chi connectivity index (χ3v) is 9.93. The Morgan fingerprint density at radius 3 is 1.51 bits per heavy atom. The molecule has 0 saturated carbocycles. The summed E-state index contributed by atoms with van der Waals surface area (Å²) >= 11 is 0. The molecule has 0 fully saturated rings. The van der Waals surface area contributed by atoms with Gasteiger partial charge in [-0.3, -0.25) is 14.4 Å².